The van der Waals surface area contributed by atoms with Crippen molar-refractivity contribution in [2.45, 2.75) is 17.7 Å². The number of rotatable bonds is 6. The Kier molecular flexibility index (Phi) is 6.06. The number of hydrogen-bond acceptors (Lipinski definition) is 7. The van der Waals surface area contributed by atoms with Crippen LogP contribution < -0.4 is 9.62 Å². The average molecular weight is 432 g/mol. The molecule has 0 radical (unpaired) electrons. The van der Waals surface area contributed by atoms with E-state index in [2.05, 4.69) is 14.2 Å². The van der Waals surface area contributed by atoms with Crippen LogP contribution in [0.5, 0.6) is 0 Å². The van der Waals surface area contributed by atoms with Crippen molar-refractivity contribution in [1.29, 1.82) is 0 Å². The lowest BCUT2D eigenvalue weighted by Crippen LogP contribution is -2.23. The molecule has 1 aliphatic rings. The molecule has 0 saturated carbocycles. The summed E-state index contributed by atoms with van der Waals surface area (Å²) < 4.78 is 37.6. The van der Waals surface area contributed by atoms with Crippen LogP contribution in [0.3, 0.4) is 0 Å². The Morgan fingerprint density at radius 2 is 1.67 bits per heavy atom. The number of hydrogen-bond donors (Lipinski definition) is 1. The fourth-order valence-corrected chi connectivity index (χ4v) is 4.39. The summed E-state index contributed by atoms with van der Waals surface area (Å²) >= 11 is 0. The van der Waals surface area contributed by atoms with Crippen LogP contribution >= 0.6 is 0 Å². The number of anilines is 2. The van der Waals surface area contributed by atoms with Gasteiger partial charge in [-0.15, -0.1) is 0 Å². The number of ether oxygens (including phenoxy) is 2. The number of sulfonamides is 1. The third kappa shape index (κ3) is 4.28. The van der Waals surface area contributed by atoms with Crippen molar-refractivity contribution in [1.82, 2.24) is 0 Å². The number of benzene rings is 2. The monoisotopic (exact) mass is 432 g/mol. The first kappa shape index (κ1) is 21.3. The molecule has 1 heterocycles. The highest BCUT2D eigenvalue weighted by atomic mass is 32.2. The zero-order valence-electron chi connectivity index (χ0n) is 16.4. The molecule has 3 rings (SSSR count). The van der Waals surface area contributed by atoms with Gasteiger partial charge in [0.1, 0.15) is 4.90 Å². The predicted octanol–water partition coefficient (Wildman–Crippen LogP) is 2.19. The van der Waals surface area contributed by atoms with Crippen LogP contribution in [-0.4, -0.2) is 47.0 Å². The predicted molar refractivity (Wildman–Crippen MR) is 108 cm³/mol. The SMILES string of the molecule is COC(=O)c1ccc(C(=O)OC)c(S(=O)(=O)Nc2ccc(N3CCCC3=O)cc2)c1. The van der Waals surface area contributed by atoms with E-state index < -0.39 is 26.9 Å². The minimum Gasteiger partial charge on any atom is -0.465 e. The molecule has 1 aliphatic heterocycles. The van der Waals surface area contributed by atoms with E-state index in [0.717, 1.165) is 26.7 Å². The molecule has 2 aromatic rings. The molecule has 10 heteroatoms. The Balaban J connectivity index is 1.93. The number of carbonyl (C=O) groups excluding carboxylic acids is 3. The highest BCUT2D eigenvalue weighted by Gasteiger charge is 2.26. The number of carbonyl (C=O) groups is 3. The van der Waals surface area contributed by atoms with Gasteiger partial charge in [-0.2, -0.15) is 0 Å². The lowest BCUT2D eigenvalue weighted by Gasteiger charge is -2.17. The molecule has 158 valence electrons. The maximum Gasteiger partial charge on any atom is 0.339 e. The van der Waals surface area contributed by atoms with Crippen molar-refractivity contribution in [2.75, 3.05) is 30.4 Å². The van der Waals surface area contributed by atoms with Gasteiger partial charge < -0.3 is 14.4 Å². The number of amides is 1. The van der Waals surface area contributed by atoms with Crippen molar-refractivity contribution in [3.8, 4) is 0 Å². The fourth-order valence-electron chi connectivity index (χ4n) is 3.11. The number of nitrogens with one attached hydrogen (secondary N) is 1. The van der Waals surface area contributed by atoms with Crippen molar-refractivity contribution < 1.29 is 32.3 Å². The van der Waals surface area contributed by atoms with Crippen LogP contribution in [0.2, 0.25) is 0 Å². The van der Waals surface area contributed by atoms with Crippen LogP contribution in [0.15, 0.2) is 47.4 Å². The summed E-state index contributed by atoms with van der Waals surface area (Å²) in [6.45, 7) is 0.618. The lowest BCUT2D eigenvalue weighted by atomic mass is 10.1. The molecule has 0 bridgehead atoms. The summed E-state index contributed by atoms with van der Waals surface area (Å²) in [4.78, 5) is 36.9. The highest BCUT2D eigenvalue weighted by molar-refractivity contribution is 7.92. The second-order valence-corrected chi connectivity index (χ2v) is 8.15. The van der Waals surface area contributed by atoms with Crippen molar-refractivity contribution in [3.63, 3.8) is 0 Å². The molecule has 0 aliphatic carbocycles. The van der Waals surface area contributed by atoms with Crippen LogP contribution in [0.1, 0.15) is 33.6 Å². The van der Waals surface area contributed by atoms with E-state index in [1.165, 1.54) is 24.3 Å². The second-order valence-electron chi connectivity index (χ2n) is 6.50. The van der Waals surface area contributed by atoms with E-state index in [1.807, 2.05) is 0 Å². The van der Waals surface area contributed by atoms with E-state index >= 15 is 0 Å². The first-order valence-corrected chi connectivity index (χ1v) is 10.5. The van der Waals surface area contributed by atoms with Gasteiger partial charge in [-0.3, -0.25) is 9.52 Å². The fraction of sp³-hybridized carbons (Fsp3) is 0.250. The minimum absolute atomic E-state index is 0.0191. The molecule has 0 atom stereocenters. The molecule has 1 fully saturated rings. The van der Waals surface area contributed by atoms with Crippen LogP contribution in [0.4, 0.5) is 11.4 Å². The summed E-state index contributed by atoms with van der Waals surface area (Å²) in [6, 6.07) is 9.81. The Morgan fingerprint density at radius 1 is 1.00 bits per heavy atom. The van der Waals surface area contributed by atoms with Gasteiger partial charge in [-0.25, -0.2) is 18.0 Å². The molecule has 1 N–H and O–H groups in total. The first-order chi connectivity index (χ1) is 14.3. The van der Waals surface area contributed by atoms with Gasteiger partial charge in [-0.1, -0.05) is 0 Å². The van der Waals surface area contributed by atoms with E-state index in [1.54, 1.807) is 17.0 Å². The molecule has 1 amide bonds. The Labute approximate surface area is 173 Å². The summed E-state index contributed by atoms with van der Waals surface area (Å²) in [5.41, 5.74) is 0.637. The van der Waals surface area contributed by atoms with E-state index in [9.17, 15) is 22.8 Å². The van der Waals surface area contributed by atoms with Crippen LogP contribution in [-0.2, 0) is 24.3 Å². The lowest BCUT2D eigenvalue weighted by molar-refractivity contribution is -0.117. The molecule has 1 saturated heterocycles. The highest BCUT2D eigenvalue weighted by Crippen LogP contribution is 2.26. The molecule has 30 heavy (non-hydrogen) atoms. The molecular formula is C20H20N2O7S. The largest absolute Gasteiger partial charge is 0.465 e. The molecule has 0 unspecified atom stereocenters. The zero-order valence-corrected chi connectivity index (χ0v) is 17.2. The van der Waals surface area contributed by atoms with Gasteiger partial charge in [0.25, 0.3) is 10.0 Å². The smallest absolute Gasteiger partial charge is 0.339 e. The van der Waals surface area contributed by atoms with Gasteiger partial charge in [0.05, 0.1) is 25.3 Å². The second kappa shape index (κ2) is 8.54. The van der Waals surface area contributed by atoms with Gasteiger partial charge >= 0.3 is 11.9 Å². The minimum atomic E-state index is -4.25. The maximum atomic E-state index is 13.0. The van der Waals surface area contributed by atoms with Gasteiger partial charge in [0.2, 0.25) is 5.91 Å². The van der Waals surface area contributed by atoms with Crippen molar-refractivity contribution in [3.05, 3.63) is 53.6 Å². The number of esters is 2. The van der Waals surface area contributed by atoms with Gasteiger partial charge in [0, 0.05) is 24.3 Å². The molecular weight excluding hydrogens is 412 g/mol. The van der Waals surface area contributed by atoms with Crippen molar-refractivity contribution >= 4 is 39.2 Å². The van der Waals surface area contributed by atoms with Crippen LogP contribution in [0, 0.1) is 0 Å². The summed E-state index contributed by atoms with van der Waals surface area (Å²) in [6.07, 6.45) is 1.27. The van der Waals surface area contributed by atoms with Gasteiger partial charge in [0.15, 0.2) is 0 Å². The Bertz CT molecular complexity index is 1090. The van der Waals surface area contributed by atoms with Crippen molar-refractivity contribution in [2.24, 2.45) is 0 Å². The normalized spacial score (nSPS) is 13.8. The van der Waals surface area contributed by atoms with E-state index in [0.29, 0.717) is 18.7 Å². The molecule has 9 nitrogen and oxygen atoms in total. The van der Waals surface area contributed by atoms with Crippen LogP contribution in [0.25, 0.3) is 0 Å². The summed E-state index contributed by atoms with van der Waals surface area (Å²) in [5, 5.41) is 0. The molecule has 0 aromatic heterocycles. The number of methoxy groups -OCH3 is 2. The Morgan fingerprint density at radius 3 is 2.23 bits per heavy atom. The third-order valence-corrected chi connectivity index (χ3v) is 6.02. The summed E-state index contributed by atoms with van der Waals surface area (Å²) in [7, 11) is -1.96. The quantitative estimate of drug-likeness (QED) is 0.695. The third-order valence-electron chi connectivity index (χ3n) is 4.60. The number of nitrogens with zero attached hydrogens (tertiary/aromatic N) is 1. The standard InChI is InChI=1S/C20H20N2O7S/c1-28-19(24)13-5-10-16(20(25)29-2)17(12-13)30(26,27)21-14-6-8-15(9-7-14)22-11-3-4-18(22)23/h5-10,12,21H,3-4,11H2,1-2H3. The maximum absolute atomic E-state index is 13.0. The molecule has 2 aromatic carbocycles. The van der Waals surface area contributed by atoms with E-state index in [4.69, 9.17) is 0 Å². The molecule has 0 spiro atoms. The first-order valence-electron chi connectivity index (χ1n) is 9.01. The Hall–Kier alpha value is -3.40. The summed E-state index contributed by atoms with van der Waals surface area (Å²) in [5.74, 6) is -1.59. The van der Waals surface area contributed by atoms with Gasteiger partial charge in [-0.05, 0) is 48.9 Å². The topological polar surface area (TPSA) is 119 Å². The average Bonchev–Trinajstić information content (AvgIpc) is 3.18. The zero-order chi connectivity index (χ0) is 21.9. The van der Waals surface area contributed by atoms with E-state index in [-0.39, 0.29) is 22.7 Å².